The summed E-state index contributed by atoms with van der Waals surface area (Å²) < 4.78 is 10.7. The number of benzene rings is 2. The molecule has 0 saturated carbocycles. The molecular formula is C16H12O5. The number of carbonyl (C=O) groups excluding carboxylic acids is 1. The predicted molar refractivity (Wildman–Crippen MR) is 76.3 cm³/mol. The van der Waals surface area contributed by atoms with Gasteiger partial charge in [0.25, 0.3) is 0 Å². The standard InChI is InChI=1S/C16H12O5/c1-9(17)20-14-3-2-10-6-15(21-16(10)8-14)11-4-12(18)7-13(19)5-11/h2-8,18-19H,1H3. The van der Waals surface area contributed by atoms with Crippen LogP contribution in [0.3, 0.4) is 0 Å². The Balaban J connectivity index is 2.06. The number of aromatic hydroxyl groups is 2. The molecule has 0 amide bonds. The van der Waals surface area contributed by atoms with Crippen molar-refractivity contribution in [2.45, 2.75) is 6.92 Å². The Bertz CT molecular complexity index is 812. The lowest BCUT2D eigenvalue weighted by Crippen LogP contribution is -2.00. The SMILES string of the molecule is CC(=O)Oc1ccc2cc(-c3cc(O)cc(O)c3)oc2c1. The van der Waals surface area contributed by atoms with Crippen molar-refractivity contribution in [3.05, 3.63) is 42.5 Å². The third-order valence-corrected chi connectivity index (χ3v) is 2.94. The largest absolute Gasteiger partial charge is 0.508 e. The lowest BCUT2D eigenvalue weighted by atomic mass is 10.1. The fraction of sp³-hybridized carbons (Fsp3) is 0.0625. The number of carbonyl (C=O) groups is 1. The highest BCUT2D eigenvalue weighted by Crippen LogP contribution is 2.33. The number of hydrogen-bond acceptors (Lipinski definition) is 5. The van der Waals surface area contributed by atoms with Crippen LogP contribution in [0.15, 0.2) is 46.9 Å². The highest BCUT2D eigenvalue weighted by molar-refractivity contribution is 5.85. The van der Waals surface area contributed by atoms with E-state index in [2.05, 4.69) is 0 Å². The van der Waals surface area contributed by atoms with Gasteiger partial charge in [-0.25, -0.2) is 0 Å². The van der Waals surface area contributed by atoms with E-state index in [9.17, 15) is 15.0 Å². The number of furan rings is 1. The summed E-state index contributed by atoms with van der Waals surface area (Å²) in [5.41, 5.74) is 1.10. The lowest BCUT2D eigenvalue weighted by Gasteiger charge is -2.00. The quantitative estimate of drug-likeness (QED) is 0.556. The molecule has 0 saturated heterocycles. The van der Waals surface area contributed by atoms with E-state index in [1.807, 2.05) is 0 Å². The molecule has 0 aliphatic rings. The van der Waals surface area contributed by atoms with Crippen molar-refractivity contribution in [3.63, 3.8) is 0 Å². The minimum absolute atomic E-state index is 0.0499. The fourth-order valence-electron chi connectivity index (χ4n) is 2.12. The maximum Gasteiger partial charge on any atom is 0.308 e. The van der Waals surface area contributed by atoms with E-state index in [1.54, 1.807) is 24.3 Å². The number of phenols is 2. The van der Waals surface area contributed by atoms with Gasteiger partial charge in [-0.2, -0.15) is 0 Å². The monoisotopic (exact) mass is 284 g/mol. The molecule has 5 heteroatoms. The van der Waals surface area contributed by atoms with Crippen molar-refractivity contribution in [1.82, 2.24) is 0 Å². The number of phenolic OH excluding ortho intramolecular Hbond substituents is 2. The van der Waals surface area contributed by atoms with Gasteiger partial charge in [0, 0.05) is 30.0 Å². The Morgan fingerprint density at radius 3 is 2.43 bits per heavy atom. The predicted octanol–water partition coefficient (Wildman–Crippen LogP) is 3.44. The van der Waals surface area contributed by atoms with Crippen LogP contribution in [0, 0.1) is 0 Å². The molecule has 2 N–H and O–H groups in total. The average molecular weight is 284 g/mol. The van der Waals surface area contributed by atoms with Crippen LogP contribution in [0.5, 0.6) is 17.2 Å². The summed E-state index contributed by atoms with van der Waals surface area (Å²) >= 11 is 0. The van der Waals surface area contributed by atoms with Crippen LogP contribution in [0.25, 0.3) is 22.3 Å². The van der Waals surface area contributed by atoms with E-state index in [0.717, 1.165) is 5.39 Å². The highest BCUT2D eigenvalue weighted by Gasteiger charge is 2.10. The second kappa shape index (κ2) is 4.86. The van der Waals surface area contributed by atoms with Crippen LogP contribution in [0.1, 0.15) is 6.92 Å². The van der Waals surface area contributed by atoms with Crippen LogP contribution in [-0.4, -0.2) is 16.2 Å². The minimum atomic E-state index is -0.404. The van der Waals surface area contributed by atoms with Gasteiger partial charge in [0.2, 0.25) is 0 Å². The lowest BCUT2D eigenvalue weighted by molar-refractivity contribution is -0.131. The third kappa shape index (κ3) is 2.67. The van der Waals surface area contributed by atoms with Crippen molar-refractivity contribution in [2.75, 3.05) is 0 Å². The molecule has 21 heavy (non-hydrogen) atoms. The molecule has 0 aliphatic carbocycles. The van der Waals surface area contributed by atoms with Crippen molar-refractivity contribution in [3.8, 4) is 28.6 Å². The number of hydrogen-bond donors (Lipinski definition) is 2. The molecule has 3 rings (SSSR count). The fourth-order valence-corrected chi connectivity index (χ4v) is 2.12. The molecule has 0 spiro atoms. The van der Waals surface area contributed by atoms with Crippen LogP contribution >= 0.6 is 0 Å². The molecule has 1 heterocycles. The number of ether oxygens (including phenoxy) is 1. The van der Waals surface area contributed by atoms with Crippen molar-refractivity contribution in [1.29, 1.82) is 0 Å². The zero-order valence-corrected chi connectivity index (χ0v) is 11.2. The first-order valence-corrected chi connectivity index (χ1v) is 6.27. The number of fused-ring (bicyclic) bond motifs is 1. The number of rotatable bonds is 2. The molecule has 0 fully saturated rings. The first kappa shape index (κ1) is 13.1. The molecule has 0 aliphatic heterocycles. The Morgan fingerprint density at radius 2 is 1.76 bits per heavy atom. The van der Waals surface area contributed by atoms with E-state index >= 15 is 0 Å². The zero-order valence-electron chi connectivity index (χ0n) is 11.2. The first-order chi connectivity index (χ1) is 10.0. The van der Waals surface area contributed by atoms with Gasteiger partial charge in [-0.05, 0) is 30.3 Å². The van der Waals surface area contributed by atoms with E-state index in [0.29, 0.717) is 22.7 Å². The smallest absolute Gasteiger partial charge is 0.308 e. The van der Waals surface area contributed by atoms with Crippen LogP contribution in [0.2, 0.25) is 0 Å². The summed E-state index contributed by atoms with van der Waals surface area (Å²) in [7, 11) is 0. The van der Waals surface area contributed by atoms with Gasteiger partial charge in [-0.15, -0.1) is 0 Å². The third-order valence-electron chi connectivity index (χ3n) is 2.94. The summed E-state index contributed by atoms with van der Waals surface area (Å²) in [5, 5.41) is 19.9. The molecular weight excluding hydrogens is 272 g/mol. The van der Waals surface area contributed by atoms with E-state index in [4.69, 9.17) is 9.15 Å². The Hall–Kier alpha value is -2.95. The van der Waals surface area contributed by atoms with Gasteiger partial charge in [-0.1, -0.05) is 0 Å². The van der Waals surface area contributed by atoms with Gasteiger partial charge in [0.05, 0.1) is 0 Å². The molecule has 0 unspecified atom stereocenters. The molecule has 3 aromatic rings. The van der Waals surface area contributed by atoms with Crippen LogP contribution < -0.4 is 4.74 Å². The Morgan fingerprint density at radius 1 is 1.05 bits per heavy atom. The zero-order chi connectivity index (χ0) is 15.0. The van der Waals surface area contributed by atoms with Crippen molar-refractivity contribution >= 4 is 16.9 Å². The molecule has 2 aromatic carbocycles. The van der Waals surface area contributed by atoms with Gasteiger partial charge in [0.15, 0.2) is 0 Å². The topological polar surface area (TPSA) is 79.9 Å². The first-order valence-electron chi connectivity index (χ1n) is 6.27. The normalized spacial score (nSPS) is 10.7. The molecule has 0 bridgehead atoms. The van der Waals surface area contributed by atoms with Gasteiger partial charge in [0.1, 0.15) is 28.6 Å². The second-order valence-electron chi connectivity index (χ2n) is 4.64. The summed E-state index contributed by atoms with van der Waals surface area (Å²) in [6.07, 6.45) is 0. The average Bonchev–Trinajstić information content (AvgIpc) is 2.80. The highest BCUT2D eigenvalue weighted by atomic mass is 16.5. The molecule has 5 nitrogen and oxygen atoms in total. The summed E-state index contributed by atoms with van der Waals surface area (Å²) in [6, 6.07) is 11.1. The van der Waals surface area contributed by atoms with E-state index < -0.39 is 5.97 Å². The van der Waals surface area contributed by atoms with Crippen molar-refractivity contribution in [2.24, 2.45) is 0 Å². The van der Waals surface area contributed by atoms with Crippen molar-refractivity contribution < 1.29 is 24.2 Å². The maximum absolute atomic E-state index is 10.9. The van der Waals surface area contributed by atoms with E-state index in [-0.39, 0.29) is 11.5 Å². The minimum Gasteiger partial charge on any atom is -0.508 e. The number of esters is 1. The van der Waals surface area contributed by atoms with Gasteiger partial charge < -0.3 is 19.4 Å². The van der Waals surface area contributed by atoms with Crippen LogP contribution in [0.4, 0.5) is 0 Å². The van der Waals surface area contributed by atoms with Gasteiger partial charge in [-0.3, -0.25) is 4.79 Å². The summed E-state index contributed by atoms with van der Waals surface area (Å²) in [4.78, 5) is 10.9. The van der Waals surface area contributed by atoms with Crippen LogP contribution in [-0.2, 0) is 4.79 Å². The molecule has 1 aromatic heterocycles. The molecule has 0 radical (unpaired) electrons. The summed E-state index contributed by atoms with van der Waals surface area (Å²) in [5.74, 6) is 0.391. The molecule has 0 atom stereocenters. The Labute approximate surface area is 120 Å². The Kier molecular flexibility index (Phi) is 3.02. The summed E-state index contributed by atoms with van der Waals surface area (Å²) in [6.45, 7) is 1.33. The van der Waals surface area contributed by atoms with E-state index in [1.165, 1.54) is 25.1 Å². The van der Waals surface area contributed by atoms with Gasteiger partial charge >= 0.3 is 5.97 Å². The molecule has 106 valence electrons. The second-order valence-corrected chi connectivity index (χ2v) is 4.64. The maximum atomic E-state index is 10.9.